The van der Waals surface area contributed by atoms with Gasteiger partial charge in [0, 0.05) is 6.04 Å². The number of hydrogen-bond donors (Lipinski definition) is 1. The fourth-order valence-electron chi connectivity index (χ4n) is 2.88. The van der Waals surface area contributed by atoms with Crippen molar-refractivity contribution in [2.45, 2.75) is 53.0 Å². The van der Waals surface area contributed by atoms with Crippen LogP contribution in [0.3, 0.4) is 0 Å². The molecule has 0 saturated carbocycles. The van der Waals surface area contributed by atoms with Crippen LogP contribution in [0.4, 0.5) is 0 Å². The highest BCUT2D eigenvalue weighted by Crippen LogP contribution is 2.27. The molecule has 0 heterocycles. The molecule has 2 nitrogen and oxygen atoms in total. The lowest BCUT2D eigenvalue weighted by atomic mass is 9.82. The van der Waals surface area contributed by atoms with E-state index in [0.717, 1.165) is 18.6 Å². The number of hydrogen-bond acceptors (Lipinski definition) is 2. The number of rotatable bonds is 6. The molecule has 0 spiro atoms. The van der Waals surface area contributed by atoms with Gasteiger partial charge in [0.05, 0.1) is 7.11 Å². The summed E-state index contributed by atoms with van der Waals surface area (Å²) in [4.78, 5) is 0. The van der Waals surface area contributed by atoms with Crippen molar-refractivity contribution in [2.75, 3.05) is 7.11 Å². The molecule has 0 aliphatic carbocycles. The Morgan fingerprint density at radius 3 is 2.42 bits per heavy atom. The fourth-order valence-corrected chi connectivity index (χ4v) is 2.88. The lowest BCUT2D eigenvalue weighted by molar-refractivity contribution is 0.284. The Morgan fingerprint density at radius 1 is 1.21 bits per heavy atom. The molecule has 1 rings (SSSR count). The number of para-hydroxylation sites is 1. The van der Waals surface area contributed by atoms with Gasteiger partial charge in [-0.2, -0.15) is 0 Å². The van der Waals surface area contributed by atoms with E-state index in [1.807, 2.05) is 18.2 Å². The molecular weight excluding hydrogens is 234 g/mol. The van der Waals surface area contributed by atoms with E-state index in [1.54, 1.807) is 7.11 Å². The van der Waals surface area contributed by atoms with E-state index >= 15 is 0 Å². The smallest absolute Gasteiger partial charge is 0.122 e. The SMILES string of the molecule is COc1ccccc1CC(N)CC(C)CC(C)(C)C. The van der Waals surface area contributed by atoms with Gasteiger partial charge in [-0.25, -0.2) is 0 Å². The summed E-state index contributed by atoms with van der Waals surface area (Å²) in [6.07, 6.45) is 3.17. The summed E-state index contributed by atoms with van der Waals surface area (Å²) >= 11 is 0. The van der Waals surface area contributed by atoms with Gasteiger partial charge in [-0.3, -0.25) is 0 Å². The topological polar surface area (TPSA) is 35.2 Å². The number of ether oxygens (including phenoxy) is 1. The van der Waals surface area contributed by atoms with Gasteiger partial charge in [-0.15, -0.1) is 0 Å². The van der Waals surface area contributed by atoms with Crippen molar-refractivity contribution >= 4 is 0 Å². The Hall–Kier alpha value is -1.02. The van der Waals surface area contributed by atoms with Crippen LogP contribution >= 0.6 is 0 Å². The molecule has 0 fully saturated rings. The molecule has 0 radical (unpaired) electrons. The van der Waals surface area contributed by atoms with Crippen LogP contribution < -0.4 is 10.5 Å². The van der Waals surface area contributed by atoms with E-state index in [-0.39, 0.29) is 6.04 Å². The fraction of sp³-hybridized carbons (Fsp3) is 0.647. The molecule has 1 aromatic carbocycles. The molecule has 0 aliphatic heterocycles. The predicted molar refractivity (Wildman–Crippen MR) is 82.5 cm³/mol. The van der Waals surface area contributed by atoms with Crippen molar-refractivity contribution in [2.24, 2.45) is 17.1 Å². The maximum atomic E-state index is 6.29. The first-order valence-electron chi connectivity index (χ1n) is 7.19. The van der Waals surface area contributed by atoms with Crippen molar-refractivity contribution in [1.29, 1.82) is 0 Å². The number of nitrogens with two attached hydrogens (primary N) is 1. The Labute approximate surface area is 118 Å². The molecule has 108 valence electrons. The van der Waals surface area contributed by atoms with Crippen LogP contribution in [-0.4, -0.2) is 13.2 Å². The predicted octanol–water partition coefficient (Wildman–Crippen LogP) is 4.03. The highest BCUT2D eigenvalue weighted by Gasteiger charge is 2.18. The molecule has 1 aromatic rings. The Balaban J connectivity index is 2.53. The van der Waals surface area contributed by atoms with Gasteiger partial charge in [0.15, 0.2) is 0 Å². The quantitative estimate of drug-likeness (QED) is 0.841. The molecule has 0 bridgehead atoms. The van der Waals surface area contributed by atoms with Crippen molar-refractivity contribution in [3.8, 4) is 5.75 Å². The summed E-state index contributed by atoms with van der Waals surface area (Å²) in [6, 6.07) is 8.35. The van der Waals surface area contributed by atoms with E-state index in [4.69, 9.17) is 10.5 Å². The molecule has 0 amide bonds. The van der Waals surface area contributed by atoms with Crippen molar-refractivity contribution in [1.82, 2.24) is 0 Å². The minimum absolute atomic E-state index is 0.202. The third kappa shape index (κ3) is 6.11. The van der Waals surface area contributed by atoms with Gasteiger partial charge in [0.25, 0.3) is 0 Å². The third-order valence-corrected chi connectivity index (χ3v) is 3.34. The highest BCUT2D eigenvalue weighted by atomic mass is 16.5. The number of methoxy groups -OCH3 is 1. The van der Waals surface area contributed by atoms with Crippen LogP contribution in [0.5, 0.6) is 5.75 Å². The zero-order chi connectivity index (χ0) is 14.5. The molecule has 2 unspecified atom stereocenters. The van der Waals surface area contributed by atoms with Gasteiger partial charge < -0.3 is 10.5 Å². The van der Waals surface area contributed by atoms with Gasteiger partial charge in [0.2, 0.25) is 0 Å². The highest BCUT2D eigenvalue weighted by molar-refractivity contribution is 5.33. The second-order valence-corrected chi connectivity index (χ2v) is 6.88. The average Bonchev–Trinajstić information content (AvgIpc) is 2.26. The summed E-state index contributed by atoms with van der Waals surface area (Å²) in [5, 5.41) is 0. The van der Waals surface area contributed by atoms with E-state index in [1.165, 1.54) is 12.0 Å². The largest absolute Gasteiger partial charge is 0.496 e. The van der Waals surface area contributed by atoms with Gasteiger partial charge in [0.1, 0.15) is 5.75 Å². The molecule has 19 heavy (non-hydrogen) atoms. The minimum Gasteiger partial charge on any atom is -0.496 e. The minimum atomic E-state index is 0.202. The zero-order valence-corrected chi connectivity index (χ0v) is 13.1. The zero-order valence-electron chi connectivity index (χ0n) is 13.1. The summed E-state index contributed by atoms with van der Waals surface area (Å²) in [7, 11) is 1.71. The Bertz CT molecular complexity index is 381. The first-order valence-corrected chi connectivity index (χ1v) is 7.19. The van der Waals surface area contributed by atoms with Crippen molar-refractivity contribution in [3.05, 3.63) is 29.8 Å². The van der Waals surface area contributed by atoms with Gasteiger partial charge >= 0.3 is 0 Å². The first kappa shape index (κ1) is 16.0. The monoisotopic (exact) mass is 263 g/mol. The summed E-state index contributed by atoms with van der Waals surface area (Å²) in [5.74, 6) is 1.60. The van der Waals surface area contributed by atoms with E-state index < -0.39 is 0 Å². The maximum Gasteiger partial charge on any atom is 0.122 e. The molecule has 0 aliphatic rings. The van der Waals surface area contributed by atoms with E-state index in [0.29, 0.717) is 11.3 Å². The second kappa shape index (κ2) is 6.95. The molecular formula is C17H29NO. The summed E-state index contributed by atoms with van der Waals surface area (Å²) < 4.78 is 5.38. The van der Waals surface area contributed by atoms with Crippen LogP contribution in [0.2, 0.25) is 0 Å². The van der Waals surface area contributed by atoms with Crippen LogP contribution in [0, 0.1) is 11.3 Å². The second-order valence-electron chi connectivity index (χ2n) is 6.88. The van der Waals surface area contributed by atoms with Crippen LogP contribution in [0.1, 0.15) is 46.1 Å². The molecule has 0 saturated heterocycles. The molecule has 2 heteroatoms. The third-order valence-electron chi connectivity index (χ3n) is 3.34. The van der Waals surface area contributed by atoms with E-state index in [9.17, 15) is 0 Å². The number of benzene rings is 1. The molecule has 2 atom stereocenters. The Kier molecular flexibility index (Phi) is 5.86. The van der Waals surface area contributed by atoms with Gasteiger partial charge in [-0.05, 0) is 42.2 Å². The normalized spacial score (nSPS) is 15.1. The molecule has 0 aromatic heterocycles. The van der Waals surface area contributed by atoms with Crippen LogP contribution in [0.15, 0.2) is 24.3 Å². The summed E-state index contributed by atoms with van der Waals surface area (Å²) in [6.45, 7) is 9.16. The van der Waals surface area contributed by atoms with Crippen LogP contribution in [-0.2, 0) is 6.42 Å². The lowest BCUT2D eigenvalue weighted by Gasteiger charge is -2.25. The maximum absolute atomic E-state index is 6.29. The van der Waals surface area contributed by atoms with Gasteiger partial charge in [-0.1, -0.05) is 45.9 Å². The Morgan fingerprint density at radius 2 is 1.84 bits per heavy atom. The summed E-state index contributed by atoms with van der Waals surface area (Å²) in [5.41, 5.74) is 7.88. The molecule has 2 N–H and O–H groups in total. The van der Waals surface area contributed by atoms with Crippen molar-refractivity contribution < 1.29 is 4.74 Å². The van der Waals surface area contributed by atoms with Crippen molar-refractivity contribution in [3.63, 3.8) is 0 Å². The van der Waals surface area contributed by atoms with E-state index in [2.05, 4.69) is 33.8 Å². The standard InChI is InChI=1S/C17H29NO/c1-13(12-17(2,3)4)10-15(18)11-14-8-6-7-9-16(14)19-5/h6-9,13,15H,10-12,18H2,1-5H3. The average molecular weight is 263 g/mol. The first-order chi connectivity index (χ1) is 8.81. The van der Waals surface area contributed by atoms with Crippen LogP contribution in [0.25, 0.3) is 0 Å². The lowest BCUT2D eigenvalue weighted by Crippen LogP contribution is -2.27.